The van der Waals surface area contributed by atoms with Crippen molar-refractivity contribution in [1.29, 1.82) is 0 Å². The van der Waals surface area contributed by atoms with Gasteiger partial charge in [-0.25, -0.2) is 4.79 Å². The van der Waals surface area contributed by atoms with Crippen LogP contribution in [0.25, 0.3) is 0 Å². The van der Waals surface area contributed by atoms with Gasteiger partial charge >= 0.3 is 5.97 Å². The second kappa shape index (κ2) is 4.21. The number of nitrogens with two attached hydrogens (primary N) is 1. The Balaban J connectivity index is 3.46. The van der Waals surface area contributed by atoms with Crippen molar-refractivity contribution in [3.63, 3.8) is 0 Å². The van der Waals surface area contributed by atoms with Gasteiger partial charge in [0.05, 0.1) is 6.61 Å². The van der Waals surface area contributed by atoms with Crippen LogP contribution in [0.3, 0.4) is 0 Å². The van der Waals surface area contributed by atoms with Gasteiger partial charge in [0.25, 0.3) is 0 Å². The maximum Gasteiger partial charge on any atom is 0.346 e. The van der Waals surface area contributed by atoms with Gasteiger partial charge < -0.3 is 15.7 Å². The summed E-state index contributed by atoms with van der Waals surface area (Å²) >= 11 is 0. The van der Waals surface area contributed by atoms with Gasteiger partial charge in [-0.05, 0) is 5.64 Å². The van der Waals surface area contributed by atoms with Crippen LogP contribution in [0, 0.1) is 0 Å². The van der Waals surface area contributed by atoms with E-state index >= 15 is 0 Å². The van der Waals surface area contributed by atoms with Crippen molar-refractivity contribution < 1.29 is 19.9 Å². The number of aliphatic hydroxyl groups excluding tert-OH is 1. The second-order valence-corrected chi connectivity index (χ2v) is 1.30. The van der Waals surface area contributed by atoms with Crippen LogP contribution >= 0.6 is 0 Å². The first kappa shape index (κ1) is 8.31. The molecule has 0 aromatic rings. The van der Waals surface area contributed by atoms with E-state index in [0.29, 0.717) is 0 Å². The van der Waals surface area contributed by atoms with E-state index in [0.717, 1.165) is 5.64 Å². The Labute approximate surface area is 51.1 Å². The van der Waals surface area contributed by atoms with Crippen molar-refractivity contribution in [3.05, 3.63) is 0 Å². The Morgan fingerprint density at radius 1 is 1.89 bits per heavy atom. The number of hydrogen-bond acceptors (Lipinski definition) is 6. The molecule has 0 radical (unpaired) electrons. The van der Waals surface area contributed by atoms with Crippen LogP contribution in [0.1, 0.15) is 0 Å². The highest BCUT2D eigenvalue weighted by Crippen LogP contribution is 1.78. The molecule has 9 heavy (non-hydrogen) atoms. The predicted octanol–water partition coefficient (Wildman–Crippen LogP) is -2.26. The third kappa shape index (κ3) is 2.98. The average Bonchev–Trinajstić information content (AvgIpc) is 1.87. The van der Waals surface area contributed by atoms with Crippen molar-refractivity contribution in [2.24, 2.45) is 5.73 Å². The zero-order valence-corrected chi connectivity index (χ0v) is 4.57. The fraction of sp³-hybridized carbons (Fsp3) is 0.667. The Kier molecular flexibility index (Phi) is 3.89. The van der Waals surface area contributed by atoms with E-state index in [2.05, 4.69) is 4.84 Å². The molecule has 6 heteroatoms. The molecule has 0 aromatic heterocycles. The molecule has 1 unspecified atom stereocenters. The lowest BCUT2D eigenvalue weighted by molar-refractivity contribution is -0.179. The Bertz CT molecular complexity index is 95.8. The SMILES string of the molecule is NC(CO)C(=O)ONO. The van der Waals surface area contributed by atoms with Gasteiger partial charge in [0.15, 0.2) is 0 Å². The molecule has 0 aliphatic rings. The minimum Gasteiger partial charge on any atom is -0.394 e. The van der Waals surface area contributed by atoms with E-state index in [1.165, 1.54) is 0 Å². The van der Waals surface area contributed by atoms with Crippen LogP contribution in [-0.2, 0) is 9.63 Å². The maximum atomic E-state index is 10.2. The highest BCUT2D eigenvalue weighted by molar-refractivity contribution is 5.75. The van der Waals surface area contributed by atoms with Gasteiger partial charge in [-0.2, -0.15) is 0 Å². The van der Waals surface area contributed by atoms with Crippen molar-refractivity contribution >= 4 is 5.97 Å². The number of hydrogen-bond donors (Lipinski definition) is 4. The minimum absolute atomic E-state index is 0.513. The summed E-state index contributed by atoms with van der Waals surface area (Å²) in [4.78, 5) is 14.0. The highest BCUT2D eigenvalue weighted by atomic mass is 16.9. The topological polar surface area (TPSA) is 105 Å². The zero-order chi connectivity index (χ0) is 7.28. The van der Waals surface area contributed by atoms with Gasteiger partial charge in [0.2, 0.25) is 0 Å². The molecule has 0 rings (SSSR count). The summed E-state index contributed by atoms with van der Waals surface area (Å²) < 4.78 is 0. The van der Waals surface area contributed by atoms with E-state index in [1.807, 2.05) is 0 Å². The molecule has 0 heterocycles. The third-order valence-corrected chi connectivity index (χ3v) is 0.646. The summed E-state index contributed by atoms with van der Waals surface area (Å²) in [5.74, 6) is -0.917. The van der Waals surface area contributed by atoms with Crippen LogP contribution in [0.5, 0.6) is 0 Å². The quantitative estimate of drug-likeness (QED) is 0.326. The molecule has 0 amide bonds. The minimum atomic E-state index is -1.11. The molecule has 0 saturated carbocycles. The molecule has 54 valence electrons. The molecule has 0 aromatic carbocycles. The molecular weight excluding hydrogens is 128 g/mol. The normalized spacial score (nSPS) is 12.8. The van der Waals surface area contributed by atoms with Gasteiger partial charge in [-0.15, -0.1) is 0 Å². The molecule has 0 saturated heterocycles. The lowest BCUT2D eigenvalue weighted by Crippen LogP contribution is -2.37. The van der Waals surface area contributed by atoms with E-state index in [1.54, 1.807) is 0 Å². The lowest BCUT2D eigenvalue weighted by Gasteiger charge is -2.03. The summed E-state index contributed by atoms with van der Waals surface area (Å²) in [6.45, 7) is -0.513. The number of nitrogens with one attached hydrogen (secondary N) is 1. The first-order valence-corrected chi connectivity index (χ1v) is 2.18. The van der Waals surface area contributed by atoms with Gasteiger partial charge in [0.1, 0.15) is 6.04 Å². The van der Waals surface area contributed by atoms with E-state index < -0.39 is 18.6 Å². The Morgan fingerprint density at radius 2 is 2.44 bits per heavy atom. The summed E-state index contributed by atoms with van der Waals surface area (Å²) in [5.41, 5.74) is 6.07. The summed E-state index contributed by atoms with van der Waals surface area (Å²) in [6.07, 6.45) is 0. The smallest absolute Gasteiger partial charge is 0.346 e. The number of carbonyl (C=O) groups is 1. The monoisotopic (exact) mass is 136 g/mol. The molecule has 0 aliphatic carbocycles. The van der Waals surface area contributed by atoms with Crippen molar-refractivity contribution in [2.75, 3.05) is 6.61 Å². The molecule has 0 spiro atoms. The largest absolute Gasteiger partial charge is 0.394 e. The van der Waals surface area contributed by atoms with E-state index in [-0.39, 0.29) is 0 Å². The molecule has 6 nitrogen and oxygen atoms in total. The fourth-order valence-corrected chi connectivity index (χ4v) is 0.195. The predicted molar refractivity (Wildman–Crippen MR) is 26.1 cm³/mol. The first-order valence-electron chi connectivity index (χ1n) is 2.18. The number of aliphatic hydroxyl groups is 1. The van der Waals surface area contributed by atoms with Gasteiger partial charge in [0, 0.05) is 0 Å². The molecule has 1 atom stereocenters. The van der Waals surface area contributed by atoms with E-state index in [9.17, 15) is 4.79 Å². The van der Waals surface area contributed by atoms with Crippen molar-refractivity contribution in [2.45, 2.75) is 6.04 Å². The number of rotatable bonds is 3. The second-order valence-electron chi connectivity index (χ2n) is 1.30. The van der Waals surface area contributed by atoms with Crippen molar-refractivity contribution in [3.8, 4) is 0 Å². The van der Waals surface area contributed by atoms with Crippen LogP contribution in [0.15, 0.2) is 0 Å². The molecular formula is C3H8N2O4. The summed E-state index contributed by atoms with van der Waals surface area (Å²) in [5, 5.41) is 15.9. The highest BCUT2D eigenvalue weighted by Gasteiger charge is 2.12. The molecule has 5 N–H and O–H groups in total. The average molecular weight is 136 g/mol. The third-order valence-electron chi connectivity index (χ3n) is 0.646. The van der Waals surface area contributed by atoms with Crippen LogP contribution < -0.4 is 11.4 Å². The molecule has 0 fully saturated rings. The number of carbonyl (C=O) groups excluding carboxylic acids is 1. The fourth-order valence-electron chi connectivity index (χ4n) is 0.195. The molecule has 0 bridgehead atoms. The lowest BCUT2D eigenvalue weighted by atomic mass is 10.3. The maximum absolute atomic E-state index is 10.2. The van der Waals surface area contributed by atoms with Crippen LogP contribution in [0.2, 0.25) is 0 Å². The first-order chi connectivity index (χ1) is 4.22. The Morgan fingerprint density at radius 3 is 2.78 bits per heavy atom. The van der Waals surface area contributed by atoms with Crippen LogP contribution in [-0.4, -0.2) is 28.9 Å². The Hall–Kier alpha value is -0.690. The van der Waals surface area contributed by atoms with Crippen LogP contribution in [0.4, 0.5) is 0 Å². The van der Waals surface area contributed by atoms with Gasteiger partial charge in [-0.3, -0.25) is 5.21 Å². The van der Waals surface area contributed by atoms with Gasteiger partial charge in [-0.1, -0.05) is 0 Å². The van der Waals surface area contributed by atoms with E-state index in [4.69, 9.17) is 16.0 Å². The van der Waals surface area contributed by atoms with Crippen molar-refractivity contribution in [1.82, 2.24) is 5.64 Å². The summed E-state index contributed by atoms with van der Waals surface area (Å²) in [7, 11) is 0. The standard InChI is InChI=1S/C3H8N2O4/c4-2(1-6)3(7)9-5-8/h2,5-6,8H,1,4H2. The molecule has 0 aliphatic heterocycles. The zero-order valence-electron chi connectivity index (χ0n) is 4.57. The summed E-state index contributed by atoms with van der Waals surface area (Å²) in [6, 6.07) is -1.11.